The number of carboxylic acids is 1. The summed E-state index contributed by atoms with van der Waals surface area (Å²) in [5.74, 6) is -0.392. The number of carbonyl (C=O) groups is 1. The molecule has 8 heteroatoms. The quantitative estimate of drug-likeness (QED) is 0.773. The fourth-order valence-electron chi connectivity index (χ4n) is 1.88. The lowest BCUT2D eigenvalue weighted by Gasteiger charge is -2.01. The van der Waals surface area contributed by atoms with Crippen LogP contribution in [-0.2, 0) is 6.42 Å². The van der Waals surface area contributed by atoms with Gasteiger partial charge in [0.15, 0.2) is 0 Å². The third-order valence-corrected chi connectivity index (χ3v) is 3.20. The molecular weight excluding hydrogens is 296 g/mol. The summed E-state index contributed by atoms with van der Waals surface area (Å²) in [4.78, 5) is 18.6. The van der Waals surface area contributed by atoms with Gasteiger partial charge in [0.1, 0.15) is 0 Å². The van der Waals surface area contributed by atoms with Gasteiger partial charge >= 0.3 is 5.97 Å². The Hall–Kier alpha value is -3.29. The predicted molar refractivity (Wildman–Crippen MR) is 80.4 cm³/mol. The van der Waals surface area contributed by atoms with Crippen LogP contribution in [0.2, 0.25) is 0 Å². The van der Waals surface area contributed by atoms with Crippen molar-refractivity contribution in [3.8, 4) is 23.0 Å². The van der Waals surface area contributed by atoms with Crippen molar-refractivity contribution in [1.82, 2.24) is 30.4 Å². The van der Waals surface area contributed by atoms with Gasteiger partial charge in [-0.25, -0.2) is 14.8 Å². The van der Waals surface area contributed by atoms with Crippen molar-refractivity contribution in [2.45, 2.75) is 13.3 Å². The maximum Gasteiger partial charge on any atom is 0.338 e. The minimum absolute atomic E-state index is 0.0118. The van der Waals surface area contributed by atoms with E-state index in [1.807, 2.05) is 24.3 Å². The number of rotatable bonds is 4. The second-order valence-corrected chi connectivity index (χ2v) is 4.70. The van der Waals surface area contributed by atoms with Crippen molar-refractivity contribution in [2.24, 2.45) is 0 Å². The van der Waals surface area contributed by atoms with Gasteiger partial charge in [0.2, 0.25) is 17.5 Å². The Balaban J connectivity index is 1.84. The van der Waals surface area contributed by atoms with Crippen LogP contribution in [0, 0.1) is 0 Å². The monoisotopic (exact) mass is 308 g/mol. The van der Waals surface area contributed by atoms with Crippen LogP contribution in [0.5, 0.6) is 0 Å². The molecule has 3 rings (SSSR count). The first-order chi connectivity index (χ1) is 11.2. The van der Waals surface area contributed by atoms with E-state index in [1.165, 1.54) is 18.0 Å². The van der Waals surface area contributed by atoms with Crippen molar-refractivity contribution in [3.05, 3.63) is 47.8 Å². The van der Waals surface area contributed by atoms with Crippen LogP contribution in [0.4, 0.5) is 0 Å². The van der Waals surface area contributed by atoms with Gasteiger partial charge in [-0.2, -0.15) is 0 Å². The number of hydrogen-bond donors (Lipinski definition) is 1. The molecule has 114 valence electrons. The fourth-order valence-corrected chi connectivity index (χ4v) is 1.88. The molecule has 0 atom stereocenters. The van der Waals surface area contributed by atoms with Gasteiger partial charge in [0, 0.05) is 18.0 Å². The standard InChI is InChI=1S/C15H12N6O2/c1-2-9-3-5-10(6-4-9)12-18-20-14(21-19-12)13-16-7-11(8-17-13)15(22)23/h3-8H,2H2,1H3,(H,22,23). The zero-order valence-corrected chi connectivity index (χ0v) is 12.2. The zero-order valence-electron chi connectivity index (χ0n) is 12.2. The highest BCUT2D eigenvalue weighted by atomic mass is 16.4. The highest BCUT2D eigenvalue weighted by molar-refractivity contribution is 5.86. The van der Waals surface area contributed by atoms with Crippen LogP contribution in [0.25, 0.3) is 23.0 Å². The van der Waals surface area contributed by atoms with Crippen LogP contribution >= 0.6 is 0 Å². The molecule has 3 aromatic rings. The van der Waals surface area contributed by atoms with Crippen molar-refractivity contribution in [3.63, 3.8) is 0 Å². The number of nitrogens with zero attached hydrogens (tertiary/aromatic N) is 6. The van der Waals surface area contributed by atoms with Gasteiger partial charge in [0.25, 0.3) is 0 Å². The largest absolute Gasteiger partial charge is 0.478 e. The van der Waals surface area contributed by atoms with Crippen molar-refractivity contribution >= 4 is 5.97 Å². The lowest BCUT2D eigenvalue weighted by atomic mass is 10.1. The summed E-state index contributed by atoms with van der Waals surface area (Å²) in [5, 5.41) is 24.7. The Morgan fingerprint density at radius 2 is 1.48 bits per heavy atom. The molecule has 2 aromatic heterocycles. The first kappa shape index (κ1) is 14.6. The normalized spacial score (nSPS) is 10.5. The average molecular weight is 308 g/mol. The molecule has 0 saturated heterocycles. The molecule has 0 aliphatic rings. The highest BCUT2D eigenvalue weighted by Crippen LogP contribution is 2.15. The van der Waals surface area contributed by atoms with Crippen molar-refractivity contribution in [2.75, 3.05) is 0 Å². The molecule has 2 heterocycles. The molecule has 0 aliphatic heterocycles. The van der Waals surface area contributed by atoms with Gasteiger partial charge in [-0.15, -0.1) is 20.4 Å². The summed E-state index contributed by atoms with van der Waals surface area (Å²) in [6, 6.07) is 7.82. The van der Waals surface area contributed by atoms with Gasteiger partial charge in [-0.05, 0) is 12.0 Å². The number of carboxylic acid groups (broad SMARTS) is 1. The molecular formula is C15H12N6O2. The fraction of sp³-hybridized carbons (Fsp3) is 0.133. The second kappa shape index (κ2) is 6.22. The second-order valence-electron chi connectivity index (χ2n) is 4.70. The van der Waals surface area contributed by atoms with Gasteiger partial charge in [-0.3, -0.25) is 0 Å². The Morgan fingerprint density at radius 3 is 2.00 bits per heavy atom. The molecule has 0 aliphatic carbocycles. The molecule has 0 spiro atoms. The molecule has 0 amide bonds. The molecule has 0 radical (unpaired) electrons. The number of hydrogen-bond acceptors (Lipinski definition) is 7. The molecule has 0 fully saturated rings. The summed E-state index contributed by atoms with van der Waals surface area (Å²) < 4.78 is 0. The lowest BCUT2D eigenvalue weighted by molar-refractivity contribution is 0.0696. The van der Waals surface area contributed by atoms with Crippen LogP contribution in [0.1, 0.15) is 22.8 Å². The topological polar surface area (TPSA) is 115 Å². The van der Waals surface area contributed by atoms with Crippen LogP contribution in [0.15, 0.2) is 36.7 Å². The Bertz CT molecular complexity index is 816. The third-order valence-electron chi connectivity index (χ3n) is 3.20. The van der Waals surface area contributed by atoms with Crippen molar-refractivity contribution < 1.29 is 9.90 Å². The Labute approximate surface area is 131 Å². The Kier molecular flexibility index (Phi) is 3.96. The maximum absolute atomic E-state index is 10.8. The van der Waals surface area contributed by atoms with Gasteiger partial charge in [0.05, 0.1) is 5.56 Å². The van der Waals surface area contributed by atoms with Crippen molar-refractivity contribution in [1.29, 1.82) is 0 Å². The van der Waals surface area contributed by atoms with E-state index in [0.29, 0.717) is 5.82 Å². The van der Waals surface area contributed by atoms with E-state index in [9.17, 15) is 4.79 Å². The summed E-state index contributed by atoms with van der Waals surface area (Å²) in [6.45, 7) is 2.08. The van der Waals surface area contributed by atoms with E-state index in [-0.39, 0.29) is 17.2 Å². The number of benzene rings is 1. The third kappa shape index (κ3) is 3.15. The molecule has 0 unspecified atom stereocenters. The molecule has 0 saturated carbocycles. The van der Waals surface area contributed by atoms with E-state index in [2.05, 4.69) is 37.3 Å². The van der Waals surface area contributed by atoms with E-state index < -0.39 is 5.97 Å². The first-order valence-electron chi connectivity index (χ1n) is 6.90. The first-order valence-corrected chi connectivity index (χ1v) is 6.90. The zero-order chi connectivity index (χ0) is 16.2. The summed E-state index contributed by atoms with van der Waals surface area (Å²) >= 11 is 0. The lowest BCUT2D eigenvalue weighted by Crippen LogP contribution is -2.04. The minimum Gasteiger partial charge on any atom is -0.478 e. The number of aryl methyl sites for hydroxylation is 1. The van der Waals surface area contributed by atoms with E-state index in [4.69, 9.17) is 5.11 Å². The van der Waals surface area contributed by atoms with E-state index in [1.54, 1.807) is 0 Å². The highest BCUT2D eigenvalue weighted by Gasteiger charge is 2.10. The Morgan fingerprint density at radius 1 is 0.913 bits per heavy atom. The molecule has 1 aromatic carbocycles. The number of aromatic carboxylic acids is 1. The molecule has 8 nitrogen and oxygen atoms in total. The summed E-state index contributed by atoms with van der Waals surface area (Å²) in [5.41, 5.74) is 2.02. The maximum atomic E-state index is 10.8. The van der Waals surface area contributed by atoms with Crippen LogP contribution in [-0.4, -0.2) is 41.4 Å². The summed E-state index contributed by atoms with van der Waals surface area (Å²) in [7, 11) is 0. The molecule has 0 bridgehead atoms. The number of aromatic nitrogens is 6. The van der Waals surface area contributed by atoms with Gasteiger partial charge in [-0.1, -0.05) is 31.2 Å². The smallest absolute Gasteiger partial charge is 0.338 e. The molecule has 1 N–H and O–H groups in total. The summed E-state index contributed by atoms with van der Waals surface area (Å²) in [6.07, 6.45) is 3.33. The SMILES string of the molecule is CCc1ccc(-c2nnc(-c3ncc(C(=O)O)cn3)nn2)cc1. The van der Waals surface area contributed by atoms with E-state index in [0.717, 1.165) is 12.0 Å². The minimum atomic E-state index is -1.10. The van der Waals surface area contributed by atoms with E-state index >= 15 is 0 Å². The van der Waals surface area contributed by atoms with Gasteiger partial charge < -0.3 is 5.11 Å². The average Bonchev–Trinajstić information content (AvgIpc) is 2.62. The molecule has 23 heavy (non-hydrogen) atoms. The van der Waals surface area contributed by atoms with Crippen LogP contribution < -0.4 is 0 Å². The predicted octanol–water partition coefficient (Wildman–Crippen LogP) is 1.65. The van der Waals surface area contributed by atoms with Crippen LogP contribution in [0.3, 0.4) is 0 Å².